The van der Waals surface area contributed by atoms with Gasteiger partial charge >= 0.3 is 0 Å². The molecule has 35 heavy (non-hydrogen) atoms. The first-order valence-electron chi connectivity index (χ1n) is 12.3. The molecule has 0 saturated carbocycles. The highest BCUT2D eigenvalue weighted by atomic mass is 16.5. The molecule has 0 aliphatic carbocycles. The van der Waals surface area contributed by atoms with E-state index in [1.165, 1.54) is 10.9 Å². The molecular formula is C27H30N6O2. The molecule has 5 aromatic rings. The third-order valence-electron chi connectivity index (χ3n) is 6.99. The van der Waals surface area contributed by atoms with Crippen LogP contribution in [0.3, 0.4) is 0 Å². The number of aromatic nitrogens is 5. The number of para-hydroxylation sites is 1. The lowest BCUT2D eigenvalue weighted by Crippen LogP contribution is -2.38. The van der Waals surface area contributed by atoms with Gasteiger partial charge in [0, 0.05) is 68.2 Å². The van der Waals surface area contributed by atoms with Crippen LogP contribution in [0.2, 0.25) is 0 Å². The van der Waals surface area contributed by atoms with E-state index in [2.05, 4.69) is 61.8 Å². The molecule has 0 atom stereocenters. The first-order valence-corrected chi connectivity index (χ1v) is 12.3. The Balaban J connectivity index is 1.33. The highest BCUT2D eigenvalue weighted by Crippen LogP contribution is 2.29. The molecule has 0 unspecified atom stereocenters. The molecule has 0 N–H and O–H groups in total. The normalized spacial score (nSPS) is 14.9. The van der Waals surface area contributed by atoms with Gasteiger partial charge in [-0.2, -0.15) is 0 Å². The quantitative estimate of drug-likeness (QED) is 0.354. The number of rotatable bonds is 7. The second-order valence-corrected chi connectivity index (χ2v) is 9.22. The topological polar surface area (TPSA) is 74.1 Å². The van der Waals surface area contributed by atoms with Gasteiger partial charge in [0.15, 0.2) is 5.65 Å². The Hall–Kier alpha value is -3.49. The lowest BCUT2D eigenvalue weighted by molar-refractivity contribution is 0.0364. The first-order chi connectivity index (χ1) is 17.2. The van der Waals surface area contributed by atoms with E-state index in [-0.39, 0.29) is 0 Å². The predicted octanol–water partition coefficient (Wildman–Crippen LogP) is 4.23. The third kappa shape index (κ3) is 4.24. The van der Waals surface area contributed by atoms with Gasteiger partial charge in [-0.15, -0.1) is 0 Å². The molecule has 0 radical (unpaired) electrons. The van der Waals surface area contributed by atoms with Gasteiger partial charge in [0.1, 0.15) is 17.1 Å². The Morgan fingerprint density at radius 1 is 1.00 bits per heavy atom. The minimum atomic E-state index is 0.801. The molecule has 0 amide bonds. The van der Waals surface area contributed by atoms with E-state index in [1.54, 1.807) is 0 Å². The molecule has 8 nitrogen and oxygen atoms in total. The highest BCUT2D eigenvalue weighted by molar-refractivity contribution is 5.81. The van der Waals surface area contributed by atoms with Crippen LogP contribution in [0.4, 0.5) is 0 Å². The van der Waals surface area contributed by atoms with Crippen LogP contribution in [-0.2, 0) is 24.2 Å². The van der Waals surface area contributed by atoms with Crippen LogP contribution in [-0.4, -0.2) is 62.0 Å². The standard InChI is InChI=1S/C27H30N6O2/c1-19-26(20(2)35-30-19)22-17-23-27(28-18-22)33(12-11-31-13-15-34-16-14-31)25(29-23)8-10-32-9-7-21-5-3-4-6-24(21)32/h3-7,9,17-18H,8,10-16H2,1-2H3. The summed E-state index contributed by atoms with van der Waals surface area (Å²) in [5, 5.41) is 5.38. The van der Waals surface area contributed by atoms with Crippen molar-refractivity contribution >= 4 is 22.1 Å². The SMILES string of the molecule is Cc1noc(C)c1-c1cnc2c(c1)nc(CCn1ccc3ccccc31)n2CCN1CCOCC1. The van der Waals surface area contributed by atoms with Crippen molar-refractivity contribution < 1.29 is 9.26 Å². The van der Waals surface area contributed by atoms with Crippen molar-refractivity contribution in [2.45, 2.75) is 33.4 Å². The van der Waals surface area contributed by atoms with E-state index in [1.807, 2.05) is 20.0 Å². The zero-order valence-corrected chi connectivity index (χ0v) is 20.3. The lowest BCUT2D eigenvalue weighted by Gasteiger charge is -2.26. The molecule has 1 fully saturated rings. The van der Waals surface area contributed by atoms with E-state index in [9.17, 15) is 0 Å². The summed E-state index contributed by atoms with van der Waals surface area (Å²) >= 11 is 0. The number of hydrogen-bond donors (Lipinski definition) is 0. The molecule has 1 aliphatic rings. The van der Waals surface area contributed by atoms with Crippen molar-refractivity contribution in [1.82, 2.24) is 29.2 Å². The molecule has 4 aromatic heterocycles. The summed E-state index contributed by atoms with van der Waals surface area (Å²) in [7, 11) is 0. The maximum absolute atomic E-state index is 5.52. The highest BCUT2D eigenvalue weighted by Gasteiger charge is 2.18. The van der Waals surface area contributed by atoms with Crippen molar-refractivity contribution in [2.24, 2.45) is 0 Å². The number of morpholine rings is 1. The fourth-order valence-electron chi connectivity index (χ4n) is 5.14. The van der Waals surface area contributed by atoms with Crippen LogP contribution >= 0.6 is 0 Å². The fourth-order valence-corrected chi connectivity index (χ4v) is 5.14. The number of pyridine rings is 1. The Morgan fingerprint density at radius 3 is 2.69 bits per heavy atom. The molecule has 180 valence electrons. The smallest absolute Gasteiger partial charge is 0.160 e. The third-order valence-corrected chi connectivity index (χ3v) is 6.99. The summed E-state index contributed by atoms with van der Waals surface area (Å²) < 4.78 is 15.5. The minimum absolute atomic E-state index is 0.801. The molecule has 1 aliphatic heterocycles. The van der Waals surface area contributed by atoms with Crippen LogP contribution in [0.5, 0.6) is 0 Å². The zero-order valence-electron chi connectivity index (χ0n) is 20.3. The van der Waals surface area contributed by atoms with Crippen LogP contribution in [0.1, 0.15) is 17.3 Å². The monoisotopic (exact) mass is 470 g/mol. The van der Waals surface area contributed by atoms with Crippen molar-refractivity contribution in [3.8, 4) is 11.1 Å². The van der Waals surface area contributed by atoms with Gasteiger partial charge in [0.25, 0.3) is 0 Å². The average Bonchev–Trinajstić information content (AvgIpc) is 3.56. The van der Waals surface area contributed by atoms with Gasteiger partial charge in [0.05, 0.1) is 18.9 Å². The van der Waals surface area contributed by atoms with Crippen LogP contribution in [0.15, 0.2) is 53.3 Å². The van der Waals surface area contributed by atoms with Gasteiger partial charge in [-0.25, -0.2) is 9.97 Å². The molecule has 8 heteroatoms. The van der Waals surface area contributed by atoms with Crippen LogP contribution in [0.25, 0.3) is 33.2 Å². The second kappa shape index (κ2) is 9.28. The summed E-state index contributed by atoms with van der Waals surface area (Å²) in [6.45, 7) is 10.1. The number of nitrogens with zero attached hydrogens (tertiary/aromatic N) is 6. The maximum Gasteiger partial charge on any atom is 0.160 e. The van der Waals surface area contributed by atoms with Gasteiger partial charge in [0.2, 0.25) is 0 Å². The summed E-state index contributed by atoms with van der Waals surface area (Å²) in [5.41, 5.74) is 5.97. The van der Waals surface area contributed by atoms with Gasteiger partial charge in [-0.05, 0) is 37.4 Å². The largest absolute Gasteiger partial charge is 0.379 e. The average molecular weight is 471 g/mol. The molecule has 1 saturated heterocycles. The van der Waals surface area contributed by atoms with E-state index in [0.29, 0.717) is 0 Å². The van der Waals surface area contributed by atoms with Crippen molar-refractivity contribution in [1.29, 1.82) is 0 Å². The summed E-state index contributed by atoms with van der Waals surface area (Å²) in [5.74, 6) is 1.87. The van der Waals surface area contributed by atoms with Gasteiger partial charge in [-0.1, -0.05) is 23.4 Å². The Kier molecular flexibility index (Phi) is 5.83. The van der Waals surface area contributed by atoms with Gasteiger partial charge < -0.3 is 18.4 Å². The molecule has 0 bridgehead atoms. The minimum Gasteiger partial charge on any atom is -0.379 e. The van der Waals surface area contributed by atoms with E-state index in [0.717, 1.165) is 91.9 Å². The van der Waals surface area contributed by atoms with E-state index >= 15 is 0 Å². The first kappa shape index (κ1) is 22.0. The number of aryl methyl sites for hydroxylation is 4. The Bertz CT molecular complexity index is 1450. The van der Waals surface area contributed by atoms with Crippen LogP contribution < -0.4 is 0 Å². The van der Waals surface area contributed by atoms with E-state index < -0.39 is 0 Å². The molecule has 5 heterocycles. The number of hydrogen-bond acceptors (Lipinski definition) is 6. The van der Waals surface area contributed by atoms with Crippen LogP contribution in [0, 0.1) is 13.8 Å². The number of ether oxygens (including phenoxy) is 1. The summed E-state index contributed by atoms with van der Waals surface area (Å²) in [4.78, 5) is 12.4. The summed E-state index contributed by atoms with van der Waals surface area (Å²) in [6, 6.07) is 12.8. The van der Waals surface area contributed by atoms with Crippen molar-refractivity contribution in [2.75, 3.05) is 32.8 Å². The number of fused-ring (bicyclic) bond motifs is 2. The number of imidazole rings is 1. The summed E-state index contributed by atoms with van der Waals surface area (Å²) in [6.07, 6.45) is 4.92. The van der Waals surface area contributed by atoms with Crippen molar-refractivity contribution in [3.63, 3.8) is 0 Å². The molecular weight excluding hydrogens is 440 g/mol. The zero-order chi connectivity index (χ0) is 23.8. The fraction of sp³-hybridized carbons (Fsp3) is 0.370. The molecule has 6 rings (SSSR count). The second-order valence-electron chi connectivity index (χ2n) is 9.22. The number of benzene rings is 1. The molecule has 0 spiro atoms. The Morgan fingerprint density at radius 2 is 1.86 bits per heavy atom. The van der Waals surface area contributed by atoms with Gasteiger partial charge in [-0.3, -0.25) is 4.90 Å². The molecule has 1 aromatic carbocycles. The van der Waals surface area contributed by atoms with E-state index in [4.69, 9.17) is 19.2 Å². The maximum atomic E-state index is 5.52. The Labute approximate surface area is 204 Å². The predicted molar refractivity (Wildman–Crippen MR) is 135 cm³/mol. The lowest BCUT2D eigenvalue weighted by atomic mass is 10.1. The van der Waals surface area contributed by atoms with Crippen molar-refractivity contribution in [3.05, 3.63) is 66.1 Å².